The first-order valence-electron chi connectivity index (χ1n) is 6.09. The van der Waals surface area contributed by atoms with Crippen molar-refractivity contribution in [3.63, 3.8) is 0 Å². The van der Waals surface area contributed by atoms with Crippen LogP contribution in [0.2, 0.25) is 5.02 Å². The highest BCUT2D eigenvalue weighted by Gasteiger charge is 2.17. The number of nitrogens with zero attached hydrogens (tertiary/aromatic N) is 2. The fourth-order valence-corrected chi connectivity index (χ4v) is 4.04. The van der Waals surface area contributed by atoms with E-state index in [9.17, 15) is 0 Å². The molecule has 1 aromatic carbocycles. The summed E-state index contributed by atoms with van der Waals surface area (Å²) in [6.45, 7) is 2.68. The van der Waals surface area contributed by atoms with Crippen LogP contribution in [0.4, 0.5) is 0 Å². The standard InChI is InChI=1S/C14H11BrCl2N2S/c1-8(16)14-18-13-10(17)3-2-4-11(13)19(14)7-9-5-6-12(15)20-9/h2-6,8H,7H2,1H3. The number of para-hydroxylation sites is 1. The lowest BCUT2D eigenvalue weighted by molar-refractivity contribution is 0.750. The molecule has 0 radical (unpaired) electrons. The minimum absolute atomic E-state index is 0.165. The second kappa shape index (κ2) is 5.68. The van der Waals surface area contributed by atoms with Crippen molar-refractivity contribution in [3.05, 3.63) is 49.8 Å². The summed E-state index contributed by atoms with van der Waals surface area (Å²) in [5.74, 6) is 0.847. The summed E-state index contributed by atoms with van der Waals surface area (Å²) in [5, 5.41) is 0.494. The smallest absolute Gasteiger partial charge is 0.128 e. The number of aromatic nitrogens is 2. The molecule has 6 heteroatoms. The highest BCUT2D eigenvalue weighted by atomic mass is 79.9. The molecule has 104 valence electrons. The number of hydrogen-bond acceptors (Lipinski definition) is 2. The van der Waals surface area contributed by atoms with Crippen LogP contribution in [-0.2, 0) is 6.54 Å². The Kier molecular flexibility index (Phi) is 4.09. The first-order valence-corrected chi connectivity index (χ1v) is 8.51. The van der Waals surface area contributed by atoms with Crippen molar-refractivity contribution in [1.82, 2.24) is 9.55 Å². The molecule has 0 aliphatic rings. The van der Waals surface area contributed by atoms with Crippen LogP contribution in [-0.4, -0.2) is 9.55 Å². The van der Waals surface area contributed by atoms with E-state index in [-0.39, 0.29) is 5.38 Å². The van der Waals surface area contributed by atoms with Gasteiger partial charge in [-0.2, -0.15) is 0 Å². The van der Waals surface area contributed by atoms with Gasteiger partial charge in [-0.1, -0.05) is 17.7 Å². The van der Waals surface area contributed by atoms with Crippen LogP contribution in [0.25, 0.3) is 11.0 Å². The van der Waals surface area contributed by atoms with Gasteiger partial charge in [0, 0.05) is 4.88 Å². The number of fused-ring (bicyclic) bond motifs is 1. The number of thiophene rings is 1. The summed E-state index contributed by atoms with van der Waals surface area (Å²) in [4.78, 5) is 5.85. The maximum atomic E-state index is 6.27. The largest absolute Gasteiger partial charge is 0.321 e. The van der Waals surface area contributed by atoms with Crippen LogP contribution in [0.15, 0.2) is 34.1 Å². The molecule has 0 aliphatic heterocycles. The van der Waals surface area contributed by atoms with Crippen LogP contribution in [0.1, 0.15) is 23.0 Å². The van der Waals surface area contributed by atoms with Gasteiger partial charge in [0.1, 0.15) is 11.3 Å². The molecular formula is C14H11BrCl2N2S. The highest BCUT2D eigenvalue weighted by Crippen LogP contribution is 2.31. The first kappa shape index (κ1) is 14.4. The quantitative estimate of drug-likeness (QED) is 0.512. The van der Waals surface area contributed by atoms with E-state index >= 15 is 0 Å². The van der Waals surface area contributed by atoms with Gasteiger partial charge in [-0.15, -0.1) is 22.9 Å². The van der Waals surface area contributed by atoms with E-state index in [4.69, 9.17) is 23.2 Å². The molecule has 2 heterocycles. The van der Waals surface area contributed by atoms with Gasteiger partial charge in [-0.3, -0.25) is 0 Å². The monoisotopic (exact) mass is 388 g/mol. The van der Waals surface area contributed by atoms with Crippen molar-refractivity contribution in [3.8, 4) is 0 Å². The molecule has 1 atom stereocenters. The van der Waals surface area contributed by atoms with Gasteiger partial charge in [0.15, 0.2) is 0 Å². The molecule has 2 nitrogen and oxygen atoms in total. The van der Waals surface area contributed by atoms with Gasteiger partial charge in [0.2, 0.25) is 0 Å². The molecule has 0 saturated carbocycles. The summed E-state index contributed by atoms with van der Waals surface area (Å²) in [6, 6.07) is 9.98. The Morgan fingerprint density at radius 2 is 2.15 bits per heavy atom. The molecule has 0 amide bonds. The lowest BCUT2D eigenvalue weighted by Crippen LogP contribution is -2.04. The Labute approximate surface area is 139 Å². The lowest BCUT2D eigenvalue weighted by Gasteiger charge is -2.09. The summed E-state index contributed by atoms with van der Waals surface area (Å²) in [7, 11) is 0. The summed E-state index contributed by atoms with van der Waals surface area (Å²) in [5.41, 5.74) is 1.83. The molecule has 3 aromatic rings. The minimum atomic E-state index is -0.165. The van der Waals surface area contributed by atoms with Crippen LogP contribution in [0.3, 0.4) is 0 Å². The molecule has 0 spiro atoms. The van der Waals surface area contributed by atoms with Crippen LogP contribution in [0.5, 0.6) is 0 Å². The Morgan fingerprint density at radius 1 is 1.35 bits per heavy atom. The average Bonchev–Trinajstić information content (AvgIpc) is 2.96. The summed E-state index contributed by atoms with van der Waals surface area (Å²) >= 11 is 17.7. The molecule has 0 fully saturated rings. The van der Waals surface area contributed by atoms with Crippen molar-refractivity contribution >= 4 is 61.5 Å². The number of rotatable bonds is 3. The predicted molar refractivity (Wildman–Crippen MR) is 90.1 cm³/mol. The fourth-order valence-electron chi connectivity index (χ4n) is 2.19. The van der Waals surface area contributed by atoms with Crippen molar-refractivity contribution < 1.29 is 0 Å². The predicted octanol–water partition coefficient (Wildman–Crippen LogP) is 5.86. The van der Waals surface area contributed by atoms with E-state index < -0.39 is 0 Å². The van der Waals surface area contributed by atoms with E-state index in [0.29, 0.717) is 5.02 Å². The molecule has 0 aliphatic carbocycles. The van der Waals surface area contributed by atoms with Crippen molar-refractivity contribution in [2.75, 3.05) is 0 Å². The normalized spacial score (nSPS) is 13.0. The van der Waals surface area contributed by atoms with Crippen LogP contribution < -0.4 is 0 Å². The number of imidazole rings is 1. The molecule has 3 rings (SSSR count). The van der Waals surface area contributed by atoms with E-state index in [1.165, 1.54) is 4.88 Å². The Morgan fingerprint density at radius 3 is 2.80 bits per heavy atom. The van der Waals surface area contributed by atoms with Crippen molar-refractivity contribution in [2.45, 2.75) is 18.8 Å². The van der Waals surface area contributed by atoms with Crippen LogP contribution >= 0.6 is 50.5 Å². The second-order valence-corrected chi connectivity index (χ2v) is 8.09. The molecule has 0 saturated heterocycles. The Bertz CT molecular complexity index is 764. The number of hydrogen-bond donors (Lipinski definition) is 0. The third-order valence-corrected chi connectivity index (χ3v) is 5.17. The van der Waals surface area contributed by atoms with Gasteiger partial charge < -0.3 is 4.57 Å². The molecule has 0 N–H and O–H groups in total. The Balaban J connectivity index is 2.16. The number of benzene rings is 1. The zero-order valence-corrected chi connectivity index (χ0v) is 14.5. The zero-order valence-electron chi connectivity index (χ0n) is 10.6. The highest BCUT2D eigenvalue weighted by molar-refractivity contribution is 9.11. The third-order valence-electron chi connectivity index (χ3n) is 3.06. The maximum Gasteiger partial charge on any atom is 0.128 e. The summed E-state index contributed by atoms with van der Waals surface area (Å²) in [6.07, 6.45) is 0. The van der Waals surface area contributed by atoms with Gasteiger partial charge in [-0.25, -0.2) is 4.98 Å². The van der Waals surface area contributed by atoms with Gasteiger partial charge in [-0.05, 0) is 47.1 Å². The number of alkyl halides is 1. The fraction of sp³-hybridized carbons (Fsp3) is 0.214. The Hall–Kier alpha value is -0.550. The van der Waals surface area contributed by atoms with E-state index in [2.05, 4.69) is 37.6 Å². The topological polar surface area (TPSA) is 17.8 Å². The van der Waals surface area contributed by atoms with E-state index in [0.717, 1.165) is 27.2 Å². The first-order chi connectivity index (χ1) is 9.56. The molecule has 1 unspecified atom stereocenters. The van der Waals surface area contributed by atoms with Crippen LogP contribution in [0, 0.1) is 0 Å². The van der Waals surface area contributed by atoms with Gasteiger partial charge >= 0.3 is 0 Å². The lowest BCUT2D eigenvalue weighted by atomic mass is 10.3. The van der Waals surface area contributed by atoms with Gasteiger partial charge in [0.25, 0.3) is 0 Å². The third kappa shape index (κ3) is 2.62. The van der Waals surface area contributed by atoms with Gasteiger partial charge in [0.05, 0.1) is 26.2 Å². The van der Waals surface area contributed by atoms with Crippen molar-refractivity contribution in [1.29, 1.82) is 0 Å². The SMILES string of the molecule is CC(Cl)c1nc2c(Cl)cccc2n1Cc1ccc(Br)s1. The summed E-state index contributed by atoms with van der Waals surface area (Å²) < 4.78 is 3.26. The second-order valence-electron chi connectivity index (χ2n) is 4.49. The van der Waals surface area contributed by atoms with E-state index in [1.807, 2.05) is 25.1 Å². The molecule has 20 heavy (non-hydrogen) atoms. The van der Waals surface area contributed by atoms with E-state index in [1.54, 1.807) is 11.3 Å². The number of halogens is 3. The average molecular weight is 390 g/mol. The van der Waals surface area contributed by atoms with Crippen molar-refractivity contribution in [2.24, 2.45) is 0 Å². The minimum Gasteiger partial charge on any atom is -0.321 e. The maximum absolute atomic E-state index is 6.27. The molecule has 0 bridgehead atoms. The molecular weight excluding hydrogens is 379 g/mol. The zero-order chi connectivity index (χ0) is 14.3. The molecule has 2 aromatic heterocycles.